The molecule has 1 heterocycles. The molecule has 0 radical (unpaired) electrons. The summed E-state index contributed by atoms with van der Waals surface area (Å²) in [6, 6.07) is 0.494. The monoisotopic (exact) mass is 222 g/mol. The molecule has 0 spiro atoms. The summed E-state index contributed by atoms with van der Waals surface area (Å²) in [7, 11) is 4.11. The Hall–Kier alpha value is -1.00. The van der Waals surface area contributed by atoms with Crippen LogP contribution in [-0.2, 0) is 13.0 Å². The fourth-order valence-corrected chi connectivity index (χ4v) is 1.25. The number of hydrogen-bond donors (Lipinski definition) is 1. The summed E-state index contributed by atoms with van der Waals surface area (Å²) in [6.45, 7) is 6.09. The van der Waals surface area contributed by atoms with Crippen molar-refractivity contribution in [1.29, 1.82) is 0 Å². The standard InChI is InChI=1S/C12H22N4/c1-10(2)13-7-11-8-14-12(15-9-11)5-6-16(3)4/h8-10,13H,5-7H2,1-4H3. The second-order valence-corrected chi connectivity index (χ2v) is 4.60. The van der Waals surface area contributed by atoms with E-state index < -0.39 is 0 Å². The van der Waals surface area contributed by atoms with Gasteiger partial charge in [0.15, 0.2) is 0 Å². The van der Waals surface area contributed by atoms with Gasteiger partial charge < -0.3 is 10.2 Å². The molecule has 1 aromatic rings. The Bertz CT molecular complexity index is 261. The van der Waals surface area contributed by atoms with Crippen molar-refractivity contribution in [2.24, 2.45) is 0 Å². The van der Waals surface area contributed by atoms with Gasteiger partial charge in [-0.1, -0.05) is 13.8 Å². The summed E-state index contributed by atoms with van der Waals surface area (Å²) in [5, 5.41) is 3.34. The fraction of sp³-hybridized carbons (Fsp3) is 0.667. The first-order chi connectivity index (χ1) is 7.58. The Kier molecular flexibility index (Phi) is 5.35. The number of aromatic nitrogens is 2. The van der Waals surface area contributed by atoms with Crippen molar-refractivity contribution < 1.29 is 0 Å². The highest BCUT2D eigenvalue weighted by Gasteiger charge is 2.00. The zero-order chi connectivity index (χ0) is 12.0. The van der Waals surface area contributed by atoms with E-state index in [1.165, 1.54) is 0 Å². The lowest BCUT2D eigenvalue weighted by molar-refractivity contribution is 0.409. The maximum absolute atomic E-state index is 4.35. The van der Waals surface area contributed by atoms with Crippen LogP contribution in [0.1, 0.15) is 25.2 Å². The predicted octanol–water partition coefficient (Wildman–Crippen LogP) is 1.08. The second-order valence-electron chi connectivity index (χ2n) is 4.60. The van der Waals surface area contributed by atoms with Crippen LogP contribution in [0.25, 0.3) is 0 Å². The quantitative estimate of drug-likeness (QED) is 0.782. The molecule has 0 fully saturated rings. The summed E-state index contributed by atoms with van der Waals surface area (Å²) in [4.78, 5) is 10.8. The topological polar surface area (TPSA) is 41.1 Å². The number of nitrogens with zero attached hydrogens (tertiary/aromatic N) is 3. The molecule has 0 aliphatic carbocycles. The lowest BCUT2D eigenvalue weighted by Gasteiger charge is -2.09. The van der Waals surface area contributed by atoms with Crippen molar-refractivity contribution >= 4 is 0 Å². The molecule has 0 aliphatic heterocycles. The molecule has 16 heavy (non-hydrogen) atoms. The highest BCUT2D eigenvalue weighted by atomic mass is 15.1. The van der Waals surface area contributed by atoms with E-state index in [4.69, 9.17) is 0 Å². The minimum absolute atomic E-state index is 0.494. The second kappa shape index (κ2) is 6.55. The van der Waals surface area contributed by atoms with Crippen LogP contribution in [0.5, 0.6) is 0 Å². The minimum Gasteiger partial charge on any atom is -0.310 e. The van der Waals surface area contributed by atoms with E-state index in [1.807, 2.05) is 12.4 Å². The normalized spacial score (nSPS) is 11.4. The van der Waals surface area contributed by atoms with Gasteiger partial charge in [0, 0.05) is 43.5 Å². The van der Waals surface area contributed by atoms with E-state index >= 15 is 0 Å². The smallest absolute Gasteiger partial charge is 0.129 e. The number of nitrogens with one attached hydrogen (secondary N) is 1. The van der Waals surface area contributed by atoms with Gasteiger partial charge in [-0.3, -0.25) is 0 Å². The maximum Gasteiger partial charge on any atom is 0.129 e. The fourth-order valence-electron chi connectivity index (χ4n) is 1.25. The molecular formula is C12H22N4. The average Bonchev–Trinajstić information content (AvgIpc) is 2.25. The number of rotatable bonds is 6. The van der Waals surface area contributed by atoms with Gasteiger partial charge in [-0.25, -0.2) is 9.97 Å². The first-order valence-corrected chi connectivity index (χ1v) is 5.76. The summed E-state index contributed by atoms with van der Waals surface area (Å²) in [6.07, 6.45) is 4.73. The van der Waals surface area contributed by atoms with Crippen molar-refractivity contribution in [2.75, 3.05) is 20.6 Å². The van der Waals surface area contributed by atoms with Gasteiger partial charge >= 0.3 is 0 Å². The summed E-state index contributed by atoms with van der Waals surface area (Å²) in [5.41, 5.74) is 1.14. The zero-order valence-corrected chi connectivity index (χ0v) is 10.7. The van der Waals surface area contributed by atoms with Gasteiger partial charge in [-0.2, -0.15) is 0 Å². The van der Waals surface area contributed by atoms with Crippen LogP contribution in [0.15, 0.2) is 12.4 Å². The average molecular weight is 222 g/mol. The molecule has 0 bridgehead atoms. The number of hydrogen-bond acceptors (Lipinski definition) is 4. The molecular weight excluding hydrogens is 200 g/mol. The Morgan fingerprint density at radius 3 is 2.38 bits per heavy atom. The third-order valence-electron chi connectivity index (χ3n) is 2.26. The van der Waals surface area contributed by atoms with Crippen molar-refractivity contribution in [3.8, 4) is 0 Å². The van der Waals surface area contributed by atoms with Crippen LogP contribution >= 0.6 is 0 Å². The van der Waals surface area contributed by atoms with Crippen LogP contribution in [-0.4, -0.2) is 41.5 Å². The molecule has 0 atom stereocenters. The highest BCUT2D eigenvalue weighted by Crippen LogP contribution is 1.98. The van der Waals surface area contributed by atoms with Crippen LogP contribution in [0, 0.1) is 0 Å². The molecule has 0 saturated heterocycles. The first kappa shape index (κ1) is 13.1. The molecule has 0 aliphatic rings. The van der Waals surface area contributed by atoms with Crippen molar-refractivity contribution in [2.45, 2.75) is 32.9 Å². The van der Waals surface area contributed by atoms with Crippen molar-refractivity contribution in [3.05, 3.63) is 23.8 Å². The summed E-state index contributed by atoms with van der Waals surface area (Å²) < 4.78 is 0. The van der Waals surface area contributed by atoms with Crippen LogP contribution in [0.3, 0.4) is 0 Å². The van der Waals surface area contributed by atoms with E-state index in [0.29, 0.717) is 6.04 Å². The lowest BCUT2D eigenvalue weighted by atomic mass is 10.3. The molecule has 0 amide bonds. The molecule has 90 valence electrons. The lowest BCUT2D eigenvalue weighted by Crippen LogP contribution is -2.22. The molecule has 1 rings (SSSR count). The molecule has 1 N–H and O–H groups in total. The first-order valence-electron chi connectivity index (χ1n) is 5.76. The third kappa shape index (κ3) is 5.19. The minimum atomic E-state index is 0.494. The molecule has 4 nitrogen and oxygen atoms in total. The Labute approximate surface area is 98.1 Å². The highest BCUT2D eigenvalue weighted by molar-refractivity contribution is 5.05. The predicted molar refractivity (Wildman–Crippen MR) is 66.3 cm³/mol. The molecule has 0 unspecified atom stereocenters. The maximum atomic E-state index is 4.35. The van der Waals surface area contributed by atoms with Gasteiger partial charge in [-0.05, 0) is 14.1 Å². The summed E-state index contributed by atoms with van der Waals surface area (Å²) >= 11 is 0. The molecule has 1 aromatic heterocycles. The molecule has 4 heteroatoms. The van der Waals surface area contributed by atoms with E-state index in [1.54, 1.807) is 0 Å². The van der Waals surface area contributed by atoms with Crippen LogP contribution < -0.4 is 5.32 Å². The van der Waals surface area contributed by atoms with E-state index in [2.05, 4.69) is 48.1 Å². The number of likely N-dealkylation sites (N-methyl/N-ethyl adjacent to an activating group) is 1. The van der Waals surface area contributed by atoms with Gasteiger partial charge in [-0.15, -0.1) is 0 Å². The zero-order valence-electron chi connectivity index (χ0n) is 10.7. The Morgan fingerprint density at radius 2 is 1.88 bits per heavy atom. The van der Waals surface area contributed by atoms with Crippen molar-refractivity contribution in [3.63, 3.8) is 0 Å². The SMILES string of the molecule is CC(C)NCc1cnc(CCN(C)C)nc1. The third-order valence-corrected chi connectivity index (χ3v) is 2.26. The van der Waals surface area contributed by atoms with Gasteiger partial charge in [0.1, 0.15) is 5.82 Å². The van der Waals surface area contributed by atoms with E-state index in [9.17, 15) is 0 Å². The van der Waals surface area contributed by atoms with E-state index in [-0.39, 0.29) is 0 Å². The van der Waals surface area contributed by atoms with E-state index in [0.717, 1.165) is 30.9 Å². The van der Waals surface area contributed by atoms with Crippen molar-refractivity contribution in [1.82, 2.24) is 20.2 Å². The molecule has 0 saturated carbocycles. The Balaban J connectivity index is 2.41. The van der Waals surface area contributed by atoms with Gasteiger partial charge in [0.05, 0.1) is 0 Å². The van der Waals surface area contributed by atoms with Gasteiger partial charge in [0.2, 0.25) is 0 Å². The van der Waals surface area contributed by atoms with Crippen LogP contribution in [0.2, 0.25) is 0 Å². The summed E-state index contributed by atoms with van der Waals surface area (Å²) in [5.74, 6) is 0.919. The van der Waals surface area contributed by atoms with Crippen LogP contribution in [0.4, 0.5) is 0 Å². The van der Waals surface area contributed by atoms with Gasteiger partial charge in [0.25, 0.3) is 0 Å². The Morgan fingerprint density at radius 1 is 1.25 bits per heavy atom. The largest absolute Gasteiger partial charge is 0.310 e. The molecule has 0 aromatic carbocycles.